The van der Waals surface area contributed by atoms with Crippen molar-refractivity contribution in [3.63, 3.8) is 0 Å². The van der Waals surface area contributed by atoms with E-state index in [0.717, 1.165) is 6.54 Å². The van der Waals surface area contributed by atoms with E-state index in [1.165, 1.54) is 11.5 Å². The Morgan fingerprint density at radius 1 is 1.67 bits per heavy atom. The lowest BCUT2D eigenvalue weighted by Crippen LogP contribution is -2.23. The summed E-state index contributed by atoms with van der Waals surface area (Å²) in [7, 11) is 3.57. The zero-order chi connectivity index (χ0) is 8.97. The number of anilines is 2. The molecular weight excluding hydrogens is 176 g/mol. The molecule has 0 bridgehead atoms. The zero-order valence-corrected chi connectivity index (χ0v) is 7.97. The fourth-order valence-electron chi connectivity index (χ4n) is 0.710. The molecule has 0 atom stereocenters. The molecule has 0 spiro atoms. The molecule has 0 aromatic carbocycles. The molecule has 1 heterocycles. The quantitative estimate of drug-likeness (QED) is 0.731. The van der Waals surface area contributed by atoms with Crippen molar-refractivity contribution in [3.05, 3.63) is 0 Å². The normalized spacial score (nSPS) is 10.2. The molecule has 0 radical (unpaired) electrons. The highest BCUT2D eigenvalue weighted by Gasteiger charge is 2.05. The molecule has 0 unspecified atom stereocenters. The number of nitrogens with zero attached hydrogens (tertiary/aromatic N) is 3. The molecule has 68 valence electrons. The van der Waals surface area contributed by atoms with Crippen LogP contribution in [0.15, 0.2) is 0 Å². The van der Waals surface area contributed by atoms with Crippen molar-refractivity contribution in [1.29, 1.82) is 0 Å². The predicted molar refractivity (Wildman–Crippen MR) is 49.5 cm³/mol. The van der Waals surface area contributed by atoms with Crippen molar-refractivity contribution in [2.75, 3.05) is 37.9 Å². The summed E-state index contributed by atoms with van der Waals surface area (Å²) in [6.45, 7) is 1.43. The maximum atomic E-state index is 5.43. The molecular formula is C6H12N4OS. The summed E-state index contributed by atoms with van der Waals surface area (Å²) in [6.07, 6.45) is 0. The number of ether oxygens (including phenoxy) is 1. The third-order valence-corrected chi connectivity index (χ3v) is 1.94. The van der Waals surface area contributed by atoms with Crippen molar-refractivity contribution < 1.29 is 4.74 Å². The fraction of sp³-hybridized carbons (Fsp3) is 0.667. The lowest BCUT2D eigenvalue weighted by molar-refractivity contribution is 0.206. The van der Waals surface area contributed by atoms with Gasteiger partial charge in [0.2, 0.25) is 11.1 Å². The van der Waals surface area contributed by atoms with E-state index in [9.17, 15) is 0 Å². The Bertz CT molecular complexity index is 239. The summed E-state index contributed by atoms with van der Waals surface area (Å²) in [5, 5.41) is 0.495. The van der Waals surface area contributed by atoms with Gasteiger partial charge in [-0.05, 0) is 0 Å². The largest absolute Gasteiger partial charge is 0.383 e. The maximum absolute atomic E-state index is 5.43. The minimum atomic E-state index is 0.495. The Kier molecular flexibility index (Phi) is 3.24. The molecule has 5 nitrogen and oxygen atoms in total. The number of hydrogen-bond donors (Lipinski definition) is 1. The van der Waals surface area contributed by atoms with Crippen LogP contribution in [0.3, 0.4) is 0 Å². The molecule has 0 saturated carbocycles. The first-order valence-electron chi connectivity index (χ1n) is 3.53. The van der Waals surface area contributed by atoms with E-state index in [1.807, 2.05) is 11.9 Å². The van der Waals surface area contributed by atoms with Crippen LogP contribution >= 0.6 is 11.5 Å². The first kappa shape index (κ1) is 9.21. The number of aromatic nitrogens is 2. The van der Waals surface area contributed by atoms with Gasteiger partial charge in [0.1, 0.15) is 0 Å². The molecule has 6 heteroatoms. The average molecular weight is 188 g/mol. The second kappa shape index (κ2) is 4.22. The van der Waals surface area contributed by atoms with Crippen molar-refractivity contribution in [1.82, 2.24) is 9.36 Å². The van der Waals surface area contributed by atoms with Crippen LogP contribution in [0.2, 0.25) is 0 Å². The summed E-state index contributed by atoms with van der Waals surface area (Å²) < 4.78 is 8.96. The molecule has 0 amide bonds. The lowest BCUT2D eigenvalue weighted by Gasteiger charge is -2.12. The van der Waals surface area contributed by atoms with Crippen LogP contribution in [0, 0.1) is 0 Å². The average Bonchev–Trinajstić information content (AvgIpc) is 2.47. The molecule has 0 aliphatic carbocycles. The highest BCUT2D eigenvalue weighted by atomic mass is 32.1. The van der Waals surface area contributed by atoms with Crippen molar-refractivity contribution >= 4 is 22.6 Å². The highest BCUT2D eigenvalue weighted by Crippen LogP contribution is 2.12. The molecule has 0 aliphatic heterocycles. The summed E-state index contributed by atoms with van der Waals surface area (Å²) in [5.74, 6) is 0.662. The van der Waals surface area contributed by atoms with Gasteiger partial charge in [0.15, 0.2) is 0 Å². The van der Waals surface area contributed by atoms with Gasteiger partial charge in [0.05, 0.1) is 6.61 Å². The number of methoxy groups -OCH3 is 1. The Morgan fingerprint density at radius 3 is 2.92 bits per heavy atom. The van der Waals surface area contributed by atoms with Crippen LogP contribution in [0.1, 0.15) is 0 Å². The van der Waals surface area contributed by atoms with Gasteiger partial charge in [-0.1, -0.05) is 0 Å². The Labute approximate surface area is 75.3 Å². The predicted octanol–water partition coefficient (Wildman–Crippen LogP) is 0.203. The zero-order valence-electron chi connectivity index (χ0n) is 7.15. The van der Waals surface area contributed by atoms with Crippen LogP contribution in [0.4, 0.5) is 11.1 Å². The van der Waals surface area contributed by atoms with Crippen LogP contribution in [-0.2, 0) is 4.74 Å². The van der Waals surface area contributed by atoms with Gasteiger partial charge >= 0.3 is 0 Å². The summed E-state index contributed by atoms with van der Waals surface area (Å²) in [6, 6.07) is 0. The van der Waals surface area contributed by atoms with Gasteiger partial charge < -0.3 is 15.4 Å². The van der Waals surface area contributed by atoms with E-state index in [-0.39, 0.29) is 0 Å². The molecule has 1 aromatic rings. The number of hydrogen-bond acceptors (Lipinski definition) is 6. The molecule has 1 rings (SSSR count). The summed E-state index contributed by atoms with van der Waals surface area (Å²) >= 11 is 1.20. The van der Waals surface area contributed by atoms with E-state index in [2.05, 4.69) is 9.36 Å². The van der Waals surface area contributed by atoms with E-state index in [4.69, 9.17) is 10.5 Å². The molecule has 0 aliphatic rings. The topological polar surface area (TPSA) is 64.3 Å². The van der Waals surface area contributed by atoms with Crippen LogP contribution < -0.4 is 10.6 Å². The highest BCUT2D eigenvalue weighted by molar-refractivity contribution is 7.09. The van der Waals surface area contributed by atoms with E-state index < -0.39 is 0 Å². The summed E-state index contributed by atoms with van der Waals surface area (Å²) in [5.41, 5.74) is 5.43. The lowest BCUT2D eigenvalue weighted by atomic mass is 10.6. The third-order valence-electron chi connectivity index (χ3n) is 1.40. The Balaban J connectivity index is 2.47. The number of rotatable bonds is 4. The van der Waals surface area contributed by atoms with Gasteiger partial charge in [0.25, 0.3) is 0 Å². The number of nitrogens with two attached hydrogens (primary N) is 1. The smallest absolute Gasteiger partial charge is 0.238 e. The molecule has 12 heavy (non-hydrogen) atoms. The molecule has 1 aromatic heterocycles. The van der Waals surface area contributed by atoms with Gasteiger partial charge in [-0.25, -0.2) is 0 Å². The Hall–Kier alpha value is -0.880. The molecule has 2 N–H and O–H groups in total. The SMILES string of the molecule is COCCN(C)c1nsc(N)n1. The third kappa shape index (κ3) is 2.31. The monoisotopic (exact) mass is 188 g/mol. The van der Waals surface area contributed by atoms with Gasteiger partial charge in [-0.15, -0.1) is 0 Å². The van der Waals surface area contributed by atoms with Gasteiger partial charge in [-0.3, -0.25) is 0 Å². The Morgan fingerprint density at radius 2 is 2.42 bits per heavy atom. The van der Waals surface area contributed by atoms with Gasteiger partial charge in [-0.2, -0.15) is 9.36 Å². The van der Waals surface area contributed by atoms with E-state index in [1.54, 1.807) is 7.11 Å². The van der Waals surface area contributed by atoms with Crippen LogP contribution in [0.25, 0.3) is 0 Å². The van der Waals surface area contributed by atoms with Crippen LogP contribution in [-0.4, -0.2) is 36.7 Å². The standard InChI is InChI=1S/C6H12N4OS/c1-10(3-4-11-2)6-8-5(7)12-9-6/h3-4H2,1-2H3,(H2,7,8,9). The van der Waals surface area contributed by atoms with Crippen molar-refractivity contribution in [2.24, 2.45) is 0 Å². The molecule has 0 fully saturated rings. The van der Waals surface area contributed by atoms with E-state index in [0.29, 0.717) is 17.7 Å². The first-order valence-corrected chi connectivity index (χ1v) is 4.30. The second-order valence-electron chi connectivity index (χ2n) is 2.35. The number of likely N-dealkylation sites (N-methyl/N-ethyl adjacent to an activating group) is 1. The first-order chi connectivity index (χ1) is 5.74. The van der Waals surface area contributed by atoms with Crippen LogP contribution in [0.5, 0.6) is 0 Å². The van der Waals surface area contributed by atoms with Crippen molar-refractivity contribution in [2.45, 2.75) is 0 Å². The number of nitrogen functional groups attached to an aromatic ring is 1. The minimum Gasteiger partial charge on any atom is -0.383 e. The minimum absolute atomic E-state index is 0.495. The fourth-order valence-corrected chi connectivity index (χ4v) is 1.19. The van der Waals surface area contributed by atoms with Crippen molar-refractivity contribution in [3.8, 4) is 0 Å². The van der Waals surface area contributed by atoms with E-state index >= 15 is 0 Å². The molecule has 0 saturated heterocycles. The second-order valence-corrected chi connectivity index (χ2v) is 3.13. The van der Waals surface area contributed by atoms with Gasteiger partial charge in [0, 0.05) is 32.2 Å². The maximum Gasteiger partial charge on any atom is 0.238 e. The summed E-state index contributed by atoms with van der Waals surface area (Å²) in [4.78, 5) is 5.92.